The molecule has 1 unspecified atom stereocenters. The highest BCUT2D eigenvalue weighted by Gasteiger charge is 2.25. The molecule has 4 rings (SSSR count). The molecule has 2 aliphatic rings. The molecule has 1 amide bonds. The summed E-state index contributed by atoms with van der Waals surface area (Å²) in [6.07, 6.45) is 10.4. The summed E-state index contributed by atoms with van der Waals surface area (Å²) in [5.41, 5.74) is 5.72. The highest BCUT2D eigenvalue weighted by Crippen LogP contribution is 2.26. The monoisotopic (exact) mass is 441 g/mol. The van der Waals surface area contributed by atoms with Crippen LogP contribution in [0.2, 0.25) is 0 Å². The molecule has 1 aliphatic heterocycles. The van der Waals surface area contributed by atoms with Gasteiger partial charge in [-0.05, 0) is 79.5 Å². The maximum absolute atomic E-state index is 13.0. The molecule has 0 bridgehead atoms. The number of carbonyl (C=O) groups is 1. The summed E-state index contributed by atoms with van der Waals surface area (Å²) in [5.74, 6) is 0.445. The van der Waals surface area contributed by atoms with Crippen molar-refractivity contribution in [2.75, 3.05) is 13.1 Å². The van der Waals surface area contributed by atoms with E-state index in [4.69, 9.17) is 0 Å². The minimum absolute atomic E-state index is 0.102. The van der Waals surface area contributed by atoms with Crippen molar-refractivity contribution < 1.29 is 4.79 Å². The minimum Gasteiger partial charge on any atom is -0.383 e. The lowest BCUT2D eigenvalue weighted by atomic mass is 9.89. The van der Waals surface area contributed by atoms with Gasteiger partial charge in [-0.25, -0.2) is 0 Å². The van der Waals surface area contributed by atoms with Crippen LogP contribution in [0, 0.1) is 17.2 Å². The number of benzene rings is 2. The molecule has 2 aromatic carbocycles. The molecule has 0 spiro atoms. The second kappa shape index (κ2) is 11.2. The number of aryl methyl sites for hydroxylation is 2. The SMILES string of the molecule is CCC(N/C=C(/C#N)C(=O)N1CCC(Cc2ccccc2)CC1)c1ccc2c(c1)CCCC2. The zero-order valence-corrected chi connectivity index (χ0v) is 19.7. The van der Waals surface area contributed by atoms with Crippen molar-refractivity contribution in [3.63, 3.8) is 0 Å². The predicted octanol–water partition coefficient (Wildman–Crippen LogP) is 5.49. The molecular weight excluding hydrogens is 406 g/mol. The Labute approximate surface area is 198 Å². The largest absolute Gasteiger partial charge is 0.383 e. The van der Waals surface area contributed by atoms with Crippen LogP contribution in [-0.2, 0) is 24.1 Å². The van der Waals surface area contributed by atoms with E-state index in [1.54, 1.807) is 6.20 Å². The zero-order valence-electron chi connectivity index (χ0n) is 19.7. The number of nitriles is 1. The quantitative estimate of drug-likeness (QED) is 0.456. The number of piperidine rings is 1. The zero-order chi connectivity index (χ0) is 23.0. The first-order valence-corrected chi connectivity index (χ1v) is 12.5. The smallest absolute Gasteiger partial charge is 0.265 e. The number of amides is 1. The molecule has 1 fully saturated rings. The number of hydrogen-bond acceptors (Lipinski definition) is 3. The van der Waals surface area contributed by atoms with Gasteiger partial charge < -0.3 is 10.2 Å². The second-order valence-electron chi connectivity index (χ2n) is 9.46. The molecule has 4 heteroatoms. The molecule has 1 aliphatic carbocycles. The van der Waals surface area contributed by atoms with Crippen LogP contribution in [0.3, 0.4) is 0 Å². The van der Waals surface area contributed by atoms with E-state index in [-0.39, 0.29) is 17.5 Å². The summed E-state index contributed by atoms with van der Waals surface area (Å²) in [7, 11) is 0. The molecular formula is C29H35N3O. The molecule has 0 saturated carbocycles. The number of hydrogen-bond donors (Lipinski definition) is 1. The van der Waals surface area contributed by atoms with Gasteiger partial charge in [0.25, 0.3) is 5.91 Å². The average molecular weight is 442 g/mol. The van der Waals surface area contributed by atoms with Crippen LogP contribution in [-0.4, -0.2) is 23.9 Å². The first-order valence-electron chi connectivity index (χ1n) is 12.5. The van der Waals surface area contributed by atoms with Crippen molar-refractivity contribution in [2.24, 2.45) is 5.92 Å². The van der Waals surface area contributed by atoms with E-state index in [0.717, 1.165) is 45.2 Å². The average Bonchev–Trinajstić information content (AvgIpc) is 2.87. The van der Waals surface area contributed by atoms with Gasteiger partial charge in [-0.15, -0.1) is 0 Å². The van der Waals surface area contributed by atoms with Gasteiger partial charge in [-0.2, -0.15) is 5.26 Å². The predicted molar refractivity (Wildman–Crippen MR) is 132 cm³/mol. The third kappa shape index (κ3) is 5.85. The van der Waals surface area contributed by atoms with Crippen molar-refractivity contribution >= 4 is 5.91 Å². The second-order valence-corrected chi connectivity index (χ2v) is 9.46. The highest BCUT2D eigenvalue weighted by atomic mass is 16.2. The molecule has 1 heterocycles. The van der Waals surface area contributed by atoms with Gasteiger partial charge in [0.1, 0.15) is 11.6 Å². The Morgan fingerprint density at radius 2 is 1.85 bits per heavy atom. The normalized spacial score (nSPS) is 17.7. The third-order valence-corrected chi connectivity index (χ3v) is 7.23. The first-order chi connectivity index (χ1) is 16.2. The van der Waals surface area contributed by atoms with Gasteiger partial charge in [0.05, 0.1) is 6.04 Å². The first kappa shape index (κ1) is 23.1. The van der Waals surface area contributed by atoms with Crippen LogP contribution >= 0.6 is 0 Å². The van der Waals surface area contributed by atoms with Gasteiger partial charge in [0, 0.05) is 19.3 Å². The number of fused-ring (bicyclic) bond motifs is 1. The standard InChI is InChI=1S/C29H35N3O/c1-2-28(26-13-12-24-10-6-7-11-25(24)19-26)31-21-27(20-30)29(33)32-16-14-23(15-17-32)18-22-8-4-3-5-9-22/h3-5,8-9,12-13,19,21,23,28,31H,2,6-7,10-11,14-18H2,1H3/b27-21-. The molecule has 0 radical (unpaired) electrons. The fourth-order valence-electron chi connectivity index (χ4n) is 5.20. The molecule has 1 N–H and O–H groups in total. The third-order valence-electron chi connectivity index (χ3n) is 7.23. The molecule has 1 saturated heterocycles. The maximum Gasteiger partial charge on any atom is 0.265 e. The summed E-state index contributed by atoms with van der Waals surface area (Å²) in [5, 5.41) is 13.1. The van der Waals surface area contributed by atoms with Crippen molar-refractivity contribution in [1.29, 1.82) is 5.26 Å². The Hall–Kier alpha value is -3.06. The Balaban J connectivity index is 1.35. The summed E-state index contributed by atoms with van der Waals surface area (Å²) < 4.78 is 0. The summed E-state index contributed by atoms with van der Waals surface area (Å²) >= 11 is 0. The number of rotatable bonds is 7. The lowest BCUT2D eigenvalue weighted by Crippen LogP contribution is -2.39. The van der Waals surface area contributed by atoms with Crippen LogP contribution in [0.15, 0.2) is 60.3 Å². The van der Waals surface area contributed by atoms with E-state index in [0.29, 0.717) is 5.92 Å². The number of nitrogens with zero attached hydrogens (tertiary/aromatic N) is 2. The summed E-state index contributed by atoms with van der Waals surface area (Å²) in [4.78, 5) is 14.9. The van der Waals surface area contributed by atoms with Crippen LogP contribution in [0.4, 0.5) is 0 Å². The molecule has 0 aromatic heterocycles. The Morgan fingerprint density at radius 1 is 1.12 bits per heavy atom. The molecule has 172 valence electrons. The van der Waals surface area contributed by atoms with E-state index >= 15 is 0 Å². The fraction of sp³-hybridized carbons (Fsp3) is 0.448. The van der Waals surface area contributed by atoms with Crippen LogP contribution in [0.5, 0.6) is 0 Å². The van der Waals surface area contributed by atoms with Gasteiger partial charge >= 0.3 is 0 Å². The van der Waals surface area contributed by atoms with Gasteiger partial charge in [0.2, 0.25) is 0 Å². The highest BCUT2D eigenvalue weighted by molar-refractivity contribution is 5.97. The molecule has 2 aromatic rings. The minimum atomic E-state index is -0.150. The topological polar surface area (TPSA) is 56.1 Å². The van der Waals surface area contributed by atoms with Crippen molar-refractivity contribution in [3.8, 4) is 6.07 Å². The van der Waals surface area contributed by atoms with E-state index in [9.17, 15) is 10.1 Å². The number of likely N-dealkylation sites (tertiary alicyclic amines) is 1. The van der Waals surface area contributed by atoms with Crippen molar-refractivity contribution in [2.45, 2.75) is 64.3 Å². The molecule has 33 heavy (non-hydrogen) atoms. The maximum atomic E-state index is 13.0. The molecule has 4 nitrogen and oxygen atoms in total. The lowest BCUT2D eigenvalue weighted by Gasteiger charge is -2.32. The van der Waals surface area contributed by atoms with E-state index < -0.39 is 0 Å². The summed E-state index contributed by atoms with van der Waals surface area (Å²) in [6.45, 7) is 3.57. The van der Waals surface area contributed by atoms with E-state index in [2.05, 4.69) is 60.8 Å². The van der Waals surface area contributed by atoms with Crippen molar-refractivity contribution in [3.05, 3.63) is 82.6 Å². The Morgan fingerprint density at radius 3 is 2.55 bits per heavy atom. The fourth-order valence-corrected chi connectivity index (χ4v) is 5.20. The number of carbonyl (C=O) groups excluding carboxylic acids is 1. The van der Waals surface area contributed by atoms with Gasteiger partial charge in [-0.3, -0.25) is 4.79 Å². The van der Waals surface area contributed by atoms with Crippen molar-refractivity contribution in [1.82, 2.24) is 10.2 Å². The van der Waals surface area contributed by atoms with E-state index in [1.807, 2.05) is 11.0 Å². The van der Waals surface area contributed by atoms with Crippen LogP contribution in [0.1, 0.15) is 67.3 Å². The van der Waals surface area contributed by atoms with Gasteiger partial charge in [-0.1, -0.05) is 55.5 Å². The Bertz CT molecular complexity index is 1010. The lowest BCUT2D eigenvalue weighted by molar-refractivity contribution is -0.128. The molecule has 1 atom stereocenters. The van der Waals surface area contributed by atoms with Gasteiger partial charge in [0.15, 0.2) is 0 Å². The van der Waals surface area contributed by atoms with Crippen LogP contribution in [0.25, 0.3) is 0 Å². The van der Waals surface area contributed by atoms with Crippen LogP contribution < -0.4 is 5.32 Å². The summed E-state index contributed by atoms with van der Waals surface area (Å²) in [6, 6.07) is 19.6. The van der Waals surface area contributed by atoms with E-state index in [1.165, 1.54) is 41.5 Å². The number of nitrogens with one attached hydrogen (secondary N) is 1. The Kier molecular flexibility index (Phi) is 7.83.